The van der Waals surface area contributed by atoms with Crippen LogP contribution in [0.2, 0.25) is 0 Å². The van der Waals surface area contributed by atoms with Gasteiger partial charge in [0.1, 0.15) is 18.2 Å². The number of aryl methyl sites for hydroxylation is 2. The summed E-state index contributed by atoms with van der Waals surface area (Å²) in [7, 11) is 1.93. The molecule has 0 radical (unpaired) electrons. The number of anilines is 1. The fourth-order valence-corrected chi connectivity index (χ4v) is 2.35. The van der Waals surface area contributed by atoms with Crippen molar-refractivity contribution in [3.63, 3.8) is 0 Å². The van der Waals surface area contributed by atoms with E-state index in [-0.39, 0.29) is 0 Å². The lowest BCUT2D eigenvalue weighted by Crippen LogP contribution is -2.05. The molecule has 0 aliphatic heterocycles. The van der Waals surface area contributed by atoms with Crippen LogP contribution in [0.25, 0.3) is 0 Å². The van der Waals surface area contributed by atoms with Gasteiger partial charge in [-0.25, -0.2) is 0 Å². The molecule has 0 atom stereocenters. The fourth-order valence-electron chi connectivity index (χ4n) is 2.35. The normalized spacial score (nSPS) is 10.5. The van der Waals surface area contributed by atoms with Crippen LogP contribution < -0.4 is 10.1 Å². The summed E-state index contributed by atoms with van der Waals surface area (Å²) < 4.78 is 7.65. The molecule has 0 amide bonds. The first kappa shape index (κ1) is 15.1. The Bertz CT molecular complexity index is 768. The zero-order valence-electron chi connectivity index (χ0n) is 13.4. The maximum absolute atomic E-state index is 5.80. The Kier molecular flexibility index (Phi) is 4.57. The summed E-state index contributed by atoms with van der Waals surface area (Å²) in [5.41, 5.74) is 3.08. The van der Waals surface area contributed by atoms with E-state index in [9.17, 15) is 0 Å². The Labute approximate surface area is 135 Å². The van der Waals surface area contributed by atoms with Crippen LogP contribution in [0.3, 0.4) is 0 Å². The predicted octanol–water partition coefficient (Wildman–Crippen LogP) is 3.31. The van der Waals surface area contributed by atoms with Crippen molar-refractivity contribution >= 4 is 5.82 Å². The van der Waals surface area contributed by atoms with E-state index in [1.165, 1.54) is 0 Å². The van der Waals surface area contributed by atoms with Crippen molar-refractivity contribution in [2.24, 2.45) is 7.05 Å². The first-order valence-corrected chi connectivity index (χ1v) is 7.57. The van der Waals surface area contributed by atoms with Gasteiger partial charge in [0.15, 0.2) is 0 Å². The zero-order valence-corrected chi connectivity index (χ0v) is 13.4. The molecule has 1 N–H and O–H groups in total. The van der Waals surface area contributed by atoms with Crippen molar-refractivity contribution in [3.05, 3.63) is 71.7 Å². The SMILES string of the molecule is Cc1cc(NCc2cccc(OCc3ccccn3)c2)n(C)n1. The monoisotopic (exact) mass is 308 g/mol. The van der Waals surface area contributed by atoms with Crippen molar-refractivity contribution in [2.75, 3.05) is 5.32 Å². The van der Waals surface area contributed by atoms with Crippen LogP contribution in [0.4, 0.5) is 5.82 Å². The highest BCUT2D eigenvalue weighted by atomic mass is 16.5. The molecular formula is C18H20N4O. The zero-order chi connectivity index (χ0) is 16.1. The summed E-state index contributed by atoms with van der Waals surface area (Å²) in [5, 5.41) is 7.71. The van der Waals surface area contributed by atoms with E-state index in [1.54, 1.807) is 6.20 Å². The molecular weight excluding hydrogens is 288 g/mol. The summed E-state index contributed by atoms with van der Waals surface area (Å²) in [4.78, 5) is 4.26. The van der Waals surface area contributed by atoms with Crippen molar-refractivity contribution in [3.8, 4) is 5.75 Å². The predicted molar refractivity (Wildman–Crippen MR) is 90.3 cm³/mol. The molecule has 0 aliphatic rings. The van der Waals surface area contributed by atoms with Crippen molar-refractivity contribution in [2.45, 2.75) is 20.1 Å². The van der Waals surface area contributed by atoms with E-state index in [0.29, 0.717) is 6.61 Å². The third-order valence-electron chi connectivity index (χ3n) is 3.49. The topological polar surface area (TPSA) is 52.0 Å². The molecule has 1 aromatic carbocycles. The number of nitrogens with one attached hydrogen (secondary N) is 1. The van der Waals surface area contributed by atoms with E-state index >= 15 is 0 Å². The molecule has 5 heteroatoms. The van der Waals surface area contributed by atoms with E-state index in [2.05, 4.69) is 21.5 Å². The highest BCUT2D eigenvalue weighted by molar-refractivity contribution is 5.39. The van der Waals surface area contributed by atoms with E-state index < -0.39 is 0 Å². The first-order chi connectivity index (χ1) is 11.2. The van der Waals surface area contributed by atoms with E-state index in [1.807, 2.05) is 61.1 Å². The van der Waals surface area contributed by atoms with Crippen LogP contribution in [-0.2, 0) is 20.2 Å². The largest absolute Gasteiger partial charge is 0.487 e. The Morgan fingerprint density at radius 1 is 1.13 bits per heavy atom. The molecule has 3 aromatic rings. The minimum atomic E-state index is 0.471. The van der Waals surface area contributed by atoms with Crippen molar-refractivity contribution < 1.29 is 4.74 Å². The van der Waals surface area contributed by atoms with Gasteiger partial charge in [0.05, 0.1) is 11.4 Å². The van der Waals surface area contributed by atoms with Gasteiger partial charge in [-0.05, 0) is 36.8 Å². The Balaban J connectivity index is 1.60. The van der Waals surface area contributed by atoms with Gasteiger partial charge in [-0.2, -0.15) is 5.10 Å². The molecule has 0 saturated heterocycles. The molecule has 3 rings (SSSR count). The average Bonchev–Trinajstić information content (AvgIpc) is 2.90. The number of hydrogen-bond acceptors (Lipinski definition) is 4. The molecule has 0 aliphatic carbocycles. The molecule has 5 nitrogen and oxygen atoms in total. The molecule has 0 bridgehead atoms. The van der Waals surface area contributed by atoms with Crippen LogP contribution in [0.1, 0.15) is 17.0 Å². The standard InChI is InChI=1S/C18H20N4O/c1-14-10-18(22(2)21-14)20-12-15-6-5-8-17(11-15)23-13-16-7-3-4-9-19-16/h3-11,20H,12-13H2,1-2H3. The Morgan fingerprint density at radius 3 is 2.78 bits per heavy atom. The lowest BCUT2D eigenvalue weighted by Gasteiger charge is -2.09. The first-order valence-electron chi connectivity index (χ1n) is 7.57. The van der Waals surface area contributed by atoms with Gasteiger partial charge in [-0.3, -0.25) is 9.67 Å². The lowest BCUT2D eigenvalue weighted by molar-refractivity contribution is 0.301. The minimum Gasteiger partial charge on any atom is -0.487 e. The average molecular weight is 308 g/mol. The molecule has 0 unspecified atom stereocenters. The number of nitrogens with zero attached hydrogens (tertiary/aromatic N) is 3. The van der Waals surface area contributed by atoms with Crippen LogP contribution in [0, 0.1) is 6.92 Å². The molecule has 0 fully saturated rings. The second kappa shape index (κ2) is 6.96. The van der Waals surface area contributed by atoms with Crippen molar-refractivity contribution in [1.29, 1.82) is 0 Å². The van der Waals surface area contributed by atoms with Crippen LogP contribution in [0.15, 0.2) is 54.7 Å². The third kappa shape index (κ3) is 4.10. The summed E-state index contributed by atoms with van der Waals surface area (Å²) >= 11 is 0. The number of rotatable bonds is 6. The second-order valence-electron chi connectivity index (χ2n) is 5.41. The van der Waals surface area contributed by atoms with Gasteiger partial charge in [0.2, 0.25) is 0 Å². The van der Waals surface area contributed by atoms with Gasteiger partial charge >= 0.3 is 0 Å². The van der Waals surface area contributed by atoms with Crippen LogP contribution >= 0.6 is 0 Å². The summed E-state index contributed by atoms with van der Waals surface area (Å²) in [6.07, 6.45) is 1.77. The molecule has 23 heavy (non-hydrogen) atoms. The third-order valence-corrected chi connectivity index (χ3v) is 3.49. The molecule has 2 aromatic heterocycles. The fraction of sp³-hybridized carbons (Fsp3) is 0.222. The van der Waals surface area contributed by atoms with Gasteiger partial charge in [0.25, 0.3) is 0 Å². The van der Waals surface area contributed by atoms with Crippen LogP contribution in [-0.4, -0.2) is 14.8 Å². The molecule has 0 saturated carbocycles. The van der Waals surface area contributed by atoms with Gasteiger partial charge in [0, 0.05) is 25.9 Å². The quantitative estimate of drug-likeness (QED) is 0.759. The van der Waals surface area contributed by atoms with Gasteiger partial charge in [-0.1, -0.05) is 18.2 Å². The Morgan fingerprint density at radius 2 is 2.04 bits per heavy atom. The molecule has 2 heterocycles. The summed E-state index contributed by atoms with van der Waals surface area (Å²) in [6, 6.07) is 15.9. The molecule has 0 spiro atoms. The van der Waals surface area contributed by atoms with E-state index in [4.69, 9.17) is 4.74 Å². The van der Waals surface area contributed by atoms with Gasteiger partial charge in [-0.15, -0.1) is 0 Å². The second-order valence-corrected chi connectivity index (χ2v) is 5.41. The smallest absolute Gasteiger partial charge is 0.130 e. The van der Waals surface area contributed by atoms with Gasteiger partial charge < -0.3 is 10.1 Å². The highest BCUT2D eigenvalue weighted by Gasteiger charge is 2.03. The number of aromatic nitrogens is 3. The lowest BCUT2D eigenvalue weighted by atomic mass is 10.2. The maximum Gasteiger partial charge on any atom is 0.130 e. The number of pyridine rings is 1. The maximum atomic E-state index is 5.80. The Hall–Kier alpha value is -2.82. The number of benzene rings is 1. The number of ether oxygens (including phenoxy) is 1. The minimum absolute atomic E-state index is 0.471. The van der Waals surface area contributed by atoms with Crippen molar-refractivity contribution in [1.82, 2.24) is 14.8 Å². The summed E-state index contributed by atoms with van der Waals surface area (Å²) in [6.45, 7) is 3.18. The van der Waals surface area contributed by atoms with E-state index in [0.717, 1.165) is 35.1 Å². The highest BCUT2D eigenvalue weighted by Crippen LogP contribution is 2.16. The molecule has 118 valence electrons. The summed E-state index contributed by atoms with van der Waals surface area (Å²) in [5.74, 6) is 1.85. The van der Waals surface area contributed by atoms with Crippen LogP contribution in [0.5, 0.6) is 5.75 Å². The number of hydrogen-bond donors (Lipinski definition) is 1.